The lowest BCUT2D eigenvalue weighted by Gasteiger charge is -2.09. The largest absolute Gasteiger partial charge is 0.464 e. The van der Waals surface area contributed by atoms with Crippen molar-refractivity contribution in [1.82, 2.24) is 9.55 Å². The van der Waals surface area contributed by atoms with E-state index in [0.717, 1.165) is 22.0 Å². The molecule has 4 heteroatoms. The lowest BCUT2D eigenvalue weighted by atomic mass is 10.2. The van der Waals surface area contributed by atoms with Gasteiger partial charge in [-0.3, -0.25) is 0 Å². The van der Waals surface area contributed by atoms with Gasteiger partial charge in [0.15, 0.2) is 4.77 Å². The normalized spacial score (nSPS) is 13.0. The molecule has 0 bridgehead atoms. The Morgan fingerprint density at radius 2 is 2.13 bits per heavy atom. The van der Waals surface area contributed by atoms with Crippen molar-refractivity contribution in [2.45, 2.75) is 26.8 Å². The van der Waals surface area contributed by atoms with Crippen LogP contribution in [0.15, 0.2) is 22.7 Å². The summed E-state index contributed by atoms with van der Waals surface area (Å²) in [4.78, 5) is 3.10. The first kappa shape index (κ1) is 10.2. The quantitative estimate of drug-likeness (QED) is 0.790. The molecule has 0 aromatic carbocycles. The Bertz CT molecular complexity index is 521. The van der Waals surface area contributed by atoms with Gasteiger partial charge < -0.3 is 14.0 Å². The minimum Gasteiger partial charge on any atom is -0.464 e. The molecular formula is C11H14N2OS. The second-order valence-electron chi connectivity index (χ2n) is 3.77. The third kappa shape index (κ3) is 1.90. The molecule has 2 aromatic heterocycles. The fourth-order valence-corrected chi connectivity index (χ4v) is 2.01. The predicted octanol–water partition coefficient (Wildman–Crippen LogP) is 3.36. The van der Waals surface area contributed by atoms with Crippen LogP contribution in [0.4, 0.5) is 0 Å². The molecule has 2 rings (SSSR count). The van der Waals surface area contributed by atoms with E-state index in [1.807, 2.05) is 36.7 Å². The van der Waals surface area contributed by atoms with Gasteiger partial charge in [-0.05, 0) is 45.1 Å². The number of aromatic nitrogens is 2. The molecule has 0 aliphatic rings. The first-order valence-corrected chi connectivity index (χ1v) is 5.33. The van der Waals surface area contributed by atoms with E-state index in [1.54, 1.807) is 0 Å². The van der Waals surface area contributed by atoms with Gasteiger partial charge in [-0.1, -0.05) is 0 Å². The lowest BCUT2D eigenvalue weighted by molar-refractivity contribution is 0.427. The Kier molecular flexibility index (Phi) is 2.52. The molecule has 1 N–H and O–H groups in total. The van der Waals surface area contributed by atoms with Crippen molar-refractivity contribution in [1.29, 1.82) is 0 Å². The van der Waals surface area contributed by atoms with Gasteiger partial charge in [-0.25, -0.2) is 0 Å². The van der Waals surface area contributed by atoms with E-state index in [9.17, 15) is 0 Å². The number of furan rings is 1. The number of aromatic amines is 1. The van der Waals surface area contributed by atoms with Crippen molar-refractivity contribution in [3.05, 3.63) is 40.3 Å². The Hall–Kier alpha value is -1.29. The van der Waals surface area contributed by atoms with Gasteiger partial charge in [0.25, 0.3) is 0 Å². The highest BCUT2D eigenvalue weighted by atomic mass is 32.1. The molecule has 0 radical (unpaired) electrons. The molecule has 2 heterocycles. The second kappa shape index (κ2) is 3.70. The average molecular weight is 222 g/mol. The van der Waals surface area contributed by atoms with Gasteiger partial charge in [0, 0.05) is 11.9 Å². The van der Waals surface area contributed by atoms with E-state index in [1.165, 1.54) is 0 Å². The molecule has 0 aliphatic heterocycles. The van der Waals surface area contributed by atoms with Crippen LogP contribution in [0.3, 0.4) is 0 Å². The topological polar surface area (TPSA) is 33.9 Å². The summed E-state index contributed by atoms with van der Waals surface area (Å²) >= 11 is 5.22. The first-order valence-electron chi connectivity index (χ1n) is 4.92. The molecule has 1 atom stereocenters. The Morgan fingerprint density at radius 1 is 1.40 bits per heavy atom. The maximum absolute atomic E-state index is 5.58. The fraction of sp³-hybridized carbons (Fsp3) is 0.364. The molecule has 1 unspecified atom stereocenters. The van der Waals surface area contributed by atoms with E-state index in [4.69, 9.17) is 16.6 Å². The van der Waals surface area contributed by atoms with Gasteiger partial charge in [0.1, 0.15) is 11.5 Å². The Labute approximate surface area is 93.7 Å². The number of nitrogens with zero attached hydrogens (tertiary/aromatic N) is 1. The summed E-state index contributed by atoms with van der Waals surface area (Å²) in [6.45, 7) is 6.01. The molecule has 15 heavy (non-hydrogen) atoms. The SMILES string of the molecule is Cc1cn(C(C)c2ccc(C)o2)c(=S)[nH]1. The lowest BCUT2D eigenvalue weighted by Crippen LogP contribution is -2.04. The molecule has 0 amide bonds. The number of H-pyrrole nitrogens is 1. The number of nitrogens with one attached hydrogen (secondary N) is 1. The highest BCUT2D eigenvalue weighted by Gasteiger charge is 2.12. The summed E-state index contributed by atoms with van der Waals surface area (Å²) < 4.78 is 8.32. The number of imidazole rings is 1. The summed E-state index contributed by atoms with van der Waals surface area (Å²) in [6, 6.07) is 4.09. The van der Waals surface area contributed by atoms with Gasteiger partial charge in [-0.15, -0.1) is 0 Å². The number of aryl methyl sites for hydroxylation is 2. The van der Waals surface area contributed by atoms with E-state index < -0.39 is 0 Å². The van der Waals surface area contributed by atoms with E-state index in [-0.39, 0.29) is 6.04 Å². The molecule has 2 aromatic rings. The van der Waals surface area contributed by atoms with Crippen LogP contribution in [0, 0.1) is 18.6 Å². The average Bonchev–Trinajstić information content (AvgIpc) is 2.71. The fourth-order valence-electron chi connectivity index (χ4n) is 1.64. The summed E-state index contributed by atoms with van der Waals surface area (Å²) in [5.41, 5.74) is 1.06. The van der Waals surface area contributed by atoms with E-state index in [0.29, 0.717) is 0 Å². The Balaban J connectivity index is 2.40. The first-order chi connectivity index (χ1) is 7.08. The van der Waals surface area contributed by atoms with Crippen molar-refractivity contribution in [2.75, 3.05) is 0 Å². The number of hydrogen-bond donors (Lipinski definition) is 1. The van der Waals surface area contributed by atoms with Crippen LogP contribution in [0.25, 0.3) is 0 Å². The third-order valence-corrected chi connectivity index (χ3v) is 2.77. The van der Waals surface area contributed by atoms with Gasteiger partial charge in [0.2, 0.25) is 0 Å². The van der Waals surface area contributed by atoms with Gasteiger partial charge in [0.05, 0.1) is 6.04 Å². The van der Waals surface area contributed by atoms with Crippen LogP contribution in [0.2, 0.25) is 0 Å². The van der Waals surface area contributed by atoms with Crippen molar-refractivity contribution in [2.24, 2.45) is 0 Å². The second-order valence-corrected chi connectivity index (χ2v) is 4.16. The van der Waals surface area contributed by atoms with Gasteiger partial charge >= 0.3 is 0 Å². The zero-order valence-corrected chi connectivity index (χ0v) is 9.89. The van der Waals surface area contributed by atoms with Crippen molar-refractivity contribution < 1.29 is 4.42 Å². The van der Waals surface area contributed by atoms with Crippen LogP contribution < -0.4 is 0 Å². The number of hydrogen-bond acceptors (Lipinski definition) is 2. The zero-order chi connectivity index (χ0) is 11.0. The molecule has 0 fully saturated rings. The summed E-state index contributed by atoms with van der Waals surface area (Å²) in [7, 11) is 0. The van der Waals surface area contributed by atoms with E-state index >= 15 is 0 Å². The minimum atomic E-state index is 0.135. The monoisotopic (exact) mass is 222 g/mol. The van der Waals surface area contributed by atoms with Crippen LogP contribution >= 0.6 is 12.2 Å². The molecule has 0 aliphatic carbocycles. The van der Waals surface area contributed by atoms with Crippen LogP contribution in [-0.4, -0.2) is 9.55 Å². The maximum atomic E-state index is 5.58. The van der Waals surface area contributed by atoms with Crippen LogP contribution in [-0.2, 0) is 0 Å². The maximum Gasteiger partial charge on any atom is 0.178 e. The molecule has 0 saturated heterocycles. The third-order valence-electron chi connectivity index (χ3n) is 2.46. The zero-order valence-electron chi connectivity index (χ0n) is 9.07. The predicted molar refractivity (Wildman–Crippen MR) is 61.6 cm³/mol. The summed E-state index contributed by atoms with van der Waals surface area (Å²) in [5.74, 6) is 1.86. The highest BCUT2D eigenvalue weighted by Crippen LogP contribution is 2.20. The summed E-state index contributed by atoms with van der Waals surface area (Å²) in [6.07, 6.45) is 2.00. The Morgan fingerprint density at radius 3 is 2.60 bits per heavy atom. The molecule has 3 nitrogen and oxygen atoms in total. The summed E-state index contributed by atoms with van der Waals surface area (Å²) in [5, 5.41) is 0. The van der Waals surface area contributed by atoms with Crippen LogP contribution in [0.1, 0.15) is 30.2 Å². The van der Waals surface area contributed by atoms with Crippen molar-refractivity contribution in [3.8, 4) is 0 Å². The molecule has 0 spiro atoms. The smallest absolute Gasteiger partial charge is 0.178 e. The highest BCUT2D eigenvalue weighted by molar-refractivity contribution is 7.71. The number of rotatable bonds is 2. The van der Waals surface area contributed by atoms with Gasteiger partial charge in [-0.2, -0.15) is 0 Å². The molecular weight excluding hydrogens is 208 g/mol. The van der Waals surface area contributed by atoms with Crippen LogP contribution in [0.5, 0.6) is 0 Å². The molecule has 0 saturated carbocycles. The van der Waals surface area contributed by atoms with Crippen molar-refractivity contribution >= 4 is 12.2 Å². The molecule has 80 valence electrons. The van der Waals surface area contributed by atoms with E-state index in [2.05, 4.69) is 11.9 Å². The minimum absolute atomic E-state index is 0.135. The van der Waals surface area contributed by atoms with Crippen molar-refractivity contribution in [3.63, 3.8) is 0 Å². The standard InChI is InChI=1S/C11H14N2OS/c1-7-6-13(11(15)12-7)9(3)10-5-4-8(2)14-10/h4-6,9H,1-3H3,(H,12,15).